The molecule has 0 amide bonds. The summed E-state index contributed by atoms with van der Waals surface area (Å²) in [6.45, 7) is 2.13. The van der Waals surface area contributed by atoms with Gasteiger partial charge >= 0.3 is 0 Å². The van der Waals surface area contributed by atoms with Crippen molar-refractivity contribution in [2.45, 2.75) is 31.1 Å². The fourth-order valence-corrected chi connectivity index (χ4v) is 3.84. The normalized spacial score (nSPS) is 11.5. The molecule has 0 atom stereocenters. The summed E-state index contributed by atoms with van der Waals surface area (Å²) in [7, 11) is -2.17. The van der Waals surface area contributed by atoms with Crippen molar-refractivity contribution in [2.75, 3.05) is 11.8 Å². The van der Waals surface area contributed by atoms with Crippen molar-refractivity contribution in [1.82, 2.24) is 4.98 Å². The molecule has 0 saturated heterocycles. The number of hydrogen-bond acceptors (Lipinski definition) is 4. The number of benzene rings is 2. The van der Waals surface area contributed by atoms with Gasteiger partial charge in [-0.2, -0.15) is 0 Å². The fourth-order valence-electron chi connectivity index (χ4n) is 2.78. The number of hydrogen-bond donors (Lipinski definition) is 1. The molecule has 3 aromatic rings. The molecule has 26 heavy (non-hydrogen) atoms. The number of methoxy groups -OCH3 is 1. The molecule has 0 aliphatic carbocycles. The number of rotatable bonds is 7. The van der Waals surface area contributed by atoms with E-state index in [0.29, 0.717) is 17.0 Å². The topological polar surface area (TPSA) is 68.3 Å². The maximum absolute atomic E-state index is 12.8. The number of aromatic nitrogens is 1. The number of pyridine rings is 1. The third-order valence-corrected chi connectivity index (χ3v) is 5.59. The molecule has 2 aromatic carbocycles. The highest BCUT2D eigenvalue weighted by Gasteiger charge is 2.17. The van der Waals surface area contributed by atoms with Gasteiger partial charge in [-0.05, 0) is 42.7 Å². The first-order valence-corrected chi connectivity index (χ1v) is 10.1. The van der Waals surface area contributed by atoms with Crippen molar-refractivity contribution in [3.05, 3.63) is 60.3 Å². The highest BCUT2D eigenvalue weighted by molar-refractivity contribution is 7.92. The minimum absolute atomic E-state index is 0.227. The van der Waals surface area contributed by atoms with Crippen molar-refractivity contribution in [3.63, 3.8) is 0 Å². The Hall–Kier alpha value is -2.60. The van der Waals surface area contributed by atoms with Gasteiger partial charge in [0.15, 0.2) is 0 Å². The van der Waals surface area contributed by atoms with Crippen LogP contribution in [-0.4, -0.2) is 20.5 Å². The van der Waals surface area contributed by atoms with Crippen LogP contribution in [0, 0.1) is 0 Å². The Morgan fingerprint density at radius 3 is 2.58 bits per heavy atom. The van der Waals surface area contributed by atoms with E-state index in [-0.39, 0.29) is 4.90 Å². The van der Waals surface area contributed by atoms with Crippen molar-refractivity contribution in [3.8, 4) is 5.75 Å². The average Bonchev–Trinajstić information content (AvgIpc) is 2.66. The molecule has 3 rings (SSSR count). The van der Waals surface area contributed by atoms with Gasteiger partial charge in [0.2, 0.25) is 0 Å². The Labute approximate surface area is 154 Å². The molecule has 0 bridgehead atoms. The highest BCUT2D eigenvalue weighted by atomic mass is 32.2. The van der Waals surface area contributed by atoms with Gasteiger partial charge in [-0.15, -0.1) is 0 Å². The first-order chi connectivity index (χ1) is 12.5. The summed E-state index contributed by atoms with van der Waals surface area (Å²) in [4.78, 5) is 4.53. The van der Waals surface area contributed by atoms with Gasteiger partial charge in [-0.25, -0.2) is 8.42 Å². The SMILES string of the molecule is CCCCc1ccc(S(=O)(=O)Nc2cc(OC)cc3cccnc23)cc1. The van der Waals surface area contributed by atoms with Crippen LogP contribution in [0.1, 0.15) is 25.3 Å². The number of anilines is 1. The molecule has 0 unspecified atom stereocenters. The molecule has 0 aliphatic rings. The summed E-state index contributed by atoms with van der Waals surface area (Å²) in [5, 5.41) is 0.805. The number of unbranched alkanes of at least 4 members (excludes halogenated alkanes) is 1. The van der Waals surface area contributed by atoms with E-state index in [0.717, 1.165) is 30.2 Å². The van der Waals surface area contributed by atoms with Crippen LogP contribution in [0.4, 0.5) is 5.69 Å². The van der Waals surface area contributed by atoms with Crippen LogP contribution in [0.2, 0.25) is 0 Å². The Morgan fingerprint density at radius 1 is 1.12 bits per heavy atom. The Morgan fingerprint density at radius 2 is 1.88 bits per heavy atom. The predicted octanol–water partition coefficient (Wildman–Crippen LogP) is 4.39. The van der Waals surface area contributed by atoms with E-state index < -0.39 is 10.0 Å². The predicted molar refractivity (Wildman–Crippen MR) is 104 cm³/mol. The van der Waals surface area contributed by atoms with Crippen molar-refractivity contribution >= 4 is 26.6 Å². The summed E-state index contributed by atoms with van der Waals surface area (Å²) in [6.07, 6.45) is 4.78. The lowest BCUT2D eigenvalue weighted by atomic mass is 10.1. The minimum Gasteiger partial charge on any atom is -0.497 e. The van der Waals surface area contributed by atoms with E-state index >= 15 is 0 Å². The van der Waals surface area contributed by atoms with Gasteiger partial charge in [0.25, 0.3) is 10.0 Å². The van der Waals surface area contributed by atoms with Gasteiger partial charge in [-0.3, -0.25) is 9.71 Å². The molecular weight excluding hydrogens is 348 g/mol. The summed E-state index contributed by atoms with van der Waals surface area (Å²) in [5.74, 6) is 0.568. The van der Waals surface area contributed by atoms with Crippen molar-refractivity contribution in [1.29, 1.82) is 0 Å². The molecule has 0 fully saturated rings. The maximum atomic E-state index is 12.8. The van der Waals surface area contributed by atoms with Crippen LogP contribution in [0.15, 0.2) is 59.6 Å². The quantitative estimate of drug-likeness (QED) is 0.670. The van der Waals surface area contributed by atoms with Crippen LogP contribution in [0.3, 0.4) is 0 Å². The molecule has 0 saturated carbocycles. The average molecular weight is 370 g/mol. The zero-order valence-corrected chi connectivity index (χ0v) is 15.7. The molecule has 5 nitrogen and oxygen atoms in total. The lowest BCUT2D eigenvalue weighted by molar-refractivity contribution is 0.415. The smallest absolute Gasteiger partial charge is 0.261 e. The Balaban J connectivity index is 1.93. The van der Waals surface area contributed by atoms with E-state index in [4.69, 9.17) is 4.74 Å². The Kier molecular flexibility index (Phi) is 5.42. The first-order valence-electron chi connectivity index (χ1n) is 8.58. The van der Waals surface area contributed by atoms with E-state index in [2.05, 4.69) is 16.6 Å². The molecule has 6 heteroatoms. The number of ether oxygens (including phenoxy) is 1. The molecule has 1 heterocycles. The van der Waals surface area contributed by atoms with Gasteiger partial charge in [0.1, 0.15) is 5.75 Å². The van der Waals surface area contributed by atoms with Crippen LogP contribution in [0.5, 0.6) is 5.75 Å². The van der Waals surface area contributed by atoms with E-state index in [1.165, 1.54) is 0 Å². The summed E-state index contributed by atoms with van der Waals surface area (Å²) in [6, 6.07) is 14.1. The van der Waals surface area contributed by atoms with Crippen molar-refractivity contribution < 1.29 is 13.2 Å². The molecule has 1 N–H and O–H groups in total. The lowest BCUT2D eigenvalue weighted by Crippen LogP contribution is -2.13. The van der Waals surface area contributed by atoms with Gasteiger partial charge in [-0.1, -0.05) is 31.5 Å². The van der Waals surface area contributed by atoms with Gasteiger partial charge in [0.05, 0.1) is 23.2 Å². The van der Waals surface area contributed by atoms with Gasteiger partial charge in [0, 0.05) is 17.6 Å². The Bertz CT molecular complexity index is 999. The number of fused-ring (bicyclic) bond motifs is 1. The second kappa shape index (κ2) is 7.74. The van der Waals surface area contributed by atoms with E-state index in [1.807, 2.05) is 24.3 Å². The minimum atomic E-state index is -3.71. The van der Waals surface area contributed by atoms with E-state index in [9.17, 15) is 8.42 Å². The first kappa shape index (κ1) is 18.2. The van der Waals surface area contributed by atoms with Crippen molar-refractivity contribution in [2.24, 2.45) is 0 Å². The second-order valence-electron chi connectivity index (χ2n) is 6.10. The number of aryl methyl sites for hydroxylation is 1. The number of nitrogens with one attached hydrogen (secondary N) is 1. The van der Waals surface area contributed by atoms with Crippen LogP contribution >= 0.6 is 0 Å². The summed E-state index contributed by atoms with van der Waals surface area (Å²) >= 11 is 0. The molecule has 0 spiro atoms. The molecular formula is C20H22N2O3S. The monoisotopic (exact) mass is 370 g/mol. The summed E-state index contributed by atoms with van der Waals surface area (Å²) in [5.41, 5.74) is 2.12. The third-order valence-electron chi connectivity index (χ3n) is 4.21. The largest absolute Gasteiger partial charge is 0.497 e. The highest BCUT2D eigenvalue weighted by Crippen LogP contribution is 2.29. The van der Waals surface area contributed by atoms with Crippen LogP contribution in [-0.2, 0) is 16.4 Å². The lowest BCUT2D eigenvalue weighted by Gasteiger charge is -2.12. The molecule has 0 aliphatic heterocycles. The molecule has 1 aromatic heterocycles. The zero-order chi connectivity index (χ0) is 18.6. The standard InChI is InChI=1S/C20H22N2O3S/c1-3-4-6-15-8-10-18(11-9-15)26(23,24)22-19-14-17(25-2)13-16-7-5-12-21-20(16)19/h5,7-14,22H,3-4,6H2,1-2H3. The fraction of sp³-hybridized carbons (Fsp3) is 0.250. The summed E-state index contributed by atoms with van der Waals surface area (Å²) < 4.78 is 33.5. The third kappa shape index (κ3) is 3.96. The van der Waals surface area contributed by atoms with Crippen LogP contribution < -0.4 is 9.46 Å². The molecule has 0 radical (unpaired) electrons. The van der Waals surface area contributed by atoms with E-state index in [1.54, 1.807) is 37.6 Å². The maximum Gasteiger partial charge on any atom is 0.261 e. The molecule has 136 valence electrons. The van der Waals surface area contributed by atoms with Crippen LogP contribution in [0.25, 0.3) is 10.9 Å². The van der Waals surface area contributed by atoms with Gasteiger partial charge < -0.3 is 4.74 Å². The number of nitrogens with zero attached hydrogens (tertiary/aromatic N) is 1. The zero-order valence-electron chi connectivity index (χ0n) is 14.9. The second-order valence-corrected chi connectivity index (χ2v) is 7.79. The number of sulfonamides is 1.